The molecule has 1 aromatic rings. The van der Waals surface area contributed by atoms with Gasteiger partial charge >= 0.3 is 0 Å². The minimum Gasteiger partial charge on any atom is -0.338 e. The van der Waals surface area contributed by atoms with Crippen molar-refractivity contribution in [2.75, 3.05) is 6.54 Å². The van der Waals surface area contributed by atoms with Gasteiger partial charge in [-0.05, 0) is 33.7 Å². The van der Waals surface area contributed by atoms with Crippen LogP contribution in [0, 0.1) is 23.7 Å². The first-order chi connectivity index (χ1) is 7.03. The van der Waals surface area contributed by atoms with Gasteiger partial charge in [-0.2, -0.15) is 10.2 Å². The minimum atomic E-state index is -0.280. The van der Waals surface area contributed by atoms with Gasteiger partial charge in [0.15, 0.2) is 5.82 Å². The molecule has 5 heteroatoms. The second-order valence-electron chi connectivity index (χ2n) is 4.16. The average Bonchev–Trinajstić information content (AvgIpc) is 2.59. The molecule has 0 spiro atoms. The Hall–Kier alpha value is -1.41. The van der Waals surface area contributed by atoms with Crippen molar-refractivity contribution >= 4 is 0 Å². The van der Waals surface area contributed by atoms with E-state index in [1.807, 2.05) is 13.8 Å². The molecule has 0 fully saturated rings. The van der Waals surface area contributed by atoms with E-state index in [4.69, 9.17) is 9.78 Å². The zero-order valence-corrected chi connectivity index (χ0v) is 9.37. The van der Waals surface area contributed by atoms with Crippen molar-refractivity contribution < 1.29 is 4.52 Å². The molecule has 1 N–H and O–H groups in total. The average molecular weight is 208 g/mol. The summed E-state index contributed by atoms with van der Waals surface area (Å²) in [6.45, 7) is 6.95. The Bertz CT molecular complexity index is 351. The van der Waals surface area contributed by atoms with Crippen molar-refractivity contribution in [1.82, 2.24) is 15.5 Å². The molecule has 0 saturated carbocycles. The Balaban J connectivity index is 2.21. The second kappa shape index (κ2) is 4.89. The van der Waals surface area contributed by atoms with Gasteiger partial charge in [-0.3, -0.25) is 0 Å². The maximum Gasteiger partial charge on any atom is 0.240 e. The number of hydrogen-bond acceptors (Lipinski definition) is 5. The third kappa shape index (κ3) is 4.09. The van der Waals surface area contributed by atoms with Gasteiger partial charge in [0.05, 0.1) is 18.0 Å². The van der Waals surface area contributed by atoms with Crippen molar-refractivity contribution in [1.29, 1.82) is 5.26 Å². The van der Waals surface area contributed by atoms with E-state index in [1.165, 1.54) is 0 Å². The highest BCUT2D eigenvalue weighted by Gasteiger charge is 2.15. The predicted molar refractivity (Wildman–Crippen MR) is 54.8 cm³/mol. The number of rotatable bonds is 5. The number of nitrogens with zero attached hydrogens (tertiary/aromatic N) is 3. The Kier molecular flexibility index (Phi) is 3.81. The predicted octanol–water partition coefficient (Wildman–Crippen LogP) is 1.41. The smallest absolute Gasteiger partial charge is 0.240 e. The molecule has 0 aliphatic carbocycles. The first-order valence-corrected chi connectivity index (χ1v) is 4.95. The summed E-state index contributed by atoms with van der Waals surface area (Å²) in [5, 5.41) is 15.6. The molecule has 0 radical (unpaired) electrons. The number of aryl methyl sites for hydroxylation is 1. The summed E-state index contributed by atoms with van der Waals surface area (Å²) in [6.07, 6.45) is 0.802. The molecule has 0 bridgehead atoms. The zero-order chi connectivity index (χ0) is 11.3. The van der Waals surface area contributed by atoms with Gasteiger partial charge < -0.3 is 9.84 Å². The van der Waals surface area contributed by atoms with E-state index in [0.717, 1.165) is 13.0 Å². The van der Waals surface area contributed by atoms with Crippen LogP contribution in [0.5, 0.6) is 0 Å². The summed E-state index contributed by atoms with van der Waals surface area (Å²) >= 11 is 0. The van der Waals surface area contributed by atoms with Crippen molar-refractivity contribution in [3.8, 4) is 6.07 Å². The molecule has 0 aliphatic rings. The number of nitriles is 1. The molecular weight excluding hydrogens is 192 g/mol. The third-order valence-electron chi connectivity index (χ3n) is 2.08. The summed E-state index contributed by atoms with van der Waals surface area (Å²) in [5.74, 6) is 1.23. The van der Waals surface area contributed by atoms with Gasteiger partial charge in [-0.1, -0.05) is 5.16 Å². The molecule has 82 valence electrons. The number of hydrogen-bond donors (Lipinski definition) is 1. The van der Waals surface area contributed by atoms with Crippen molar-refractivity contribution in [2.45, 2.75) is 33.7 Å². The van der Waals surface area contributed by atoms with Gasteiger partial charge in [-0.25, -0.2) is 0 Å². The van der Waals surface area contributed by atoms with Gasteiger partial charge in [0.1, 0.15) is 0 Å². The number of aromatic nitrogens is 2. The van der Waals surface area contributed by atoms with E-state index in [2.05, 4.69) is 21.5 Å². The summed E-state index contributed by atoms with van der Waals surface area (Å²) in [4.78, 5) is 4.06. The maximum atomic E-state index is 8.80. The normalized spacial score (nSPS) is 11.3. The summed E-state index contributed by atoms with van der Waals surface area (Å²) < 4.78 is 4.93. The monoisotopic (exact) mass is 208 g/mol. The molecule has 0 aliphatic heterocycles. The molecule has 0 unspecified atom stereocenters. The van der Waals surface area contributed by atoms with E-state index in [0.29, 0.717) is 18.3 Å². The zero-order valence-electron chi connectivity index (χ0n) is 9.37. The number of nitrogens with one attached hydrogen (secondary N) is 1. The van der Waals surface area contributed by atoms with Crippen LogP contribution in [0.15, 0.2) is 4.52 Å². The highest BCUT2D eigenvalue weighted by Crippen LogP contribution is 2.17. The molecule has 0 aromatic carbocycles. The highest BCUT2D eigenvalue weighted by atomic mass is 16.5. The van der Waals surface area contributed by atoms with Gasteiger partial charge in [-0.15, -0.1) is 0 Å². The molecule has 0 atom stereocenters. The lowest BCUT2D eigenvalue weighted by Crippen LogP contribution is -2.21. The van der Waals surface area contributed by atoms with E-state index < -0.39 is 0 Å². The quantitative estimate of drug-likeness (QED) is 0.740. The Morgan fingerprint density at radius 3 is 2.80 bits per heavy atom. The first kappa shape index (κ1) is 11.7. The molecular formula is C10H16N4O. The summed E-state index contributed by atoms with van der Waals surface area (Å²) in [6, 6.07) is 2.25. The van der Waals surface area contributed by atoms with Gasteiger partial charge in [0.25, 0.3) is 0 Å². The fraction of sp³-hybridized carbons (Fsp3) is 0.700. The third-order valence-corrected chi connectivity index (χ3v) is 2.08. The molecule has 0 amide bonds. The molecule has 0 saturated heterocycles. The fourth-order valence-electron chi connectivity index (χ4n) is 1.06. The first-order valence-electron chi connectivity index (χ1n) is 4.95. The van der Waals surface area contributed by atoms with Gasteiger partial charge in [0.2, 0.25) is 5.89 Å². The maximum absolute atomic E-state index is 8.80. The minimum absolute atomic E-state index is 0.280. The van der Waals surface area contributed by atoms with Crippen LogP contribution in [-0.2, 0) is 6.54 Å². The fourth-order valence-corrected chi connectivity index (χ4v) is 1.06. The van der Waals surface area contributed by atoms with E-state index in [9.17, 15) is 0 Å². The molecule has 1 heterocycles. The Morgan fingerprint density at radius 1 is 1.53 bits per heavy atom. The SMILES string of the molecule is Cc1noc(CNCCC(C)(C)C#N)n1. The van der Waals surface area contributed by atoms with Crippen LogP contribution in [0.1, 0.15) is 32.0 Å². The second-order valence-corrected chi connectivity index (χ2v) is 4.16. The summed E-state index contributed by atoms with van der Waals surface area (Å²) in [7, 11) is 0. The van der Waals surface area contributed by atoms with Crippen LogP contribution in [0.2, 0.25) is 0 Å². The lowest BCUT2D eigenvalue weighted by Gasteiger charge is -2.14. The van der Waals surface area contributed by atoms with Crippen molar-refractivity contribution in [3.63, 3.8) is 0 Å². The van der Waals surface area contributed by atoms with Crippen LogP contribution < -0.4 is 5.32 Å². The Labute approximate surface area is 89.5 Å². The Morgan fingerprint density at radius 2 is 2.27 bits per heavy atom. The van der Waals surface area contributed by atoms with Crippen LogP contribution in [-0.4, -0.2) is 16.7 Å². The van der Waals surface area contributed by atoms with Crippen LogP contribution in [0.25, 0.3) is 0 Å². The largest absolute Gasteiger partial charge is 0.338 e. The van der Waals surface area contributed by atoms with E-state index >= 15 is 0 Å². The standard InChI is InChI=1S/C10H16N4O/c1-8-13-9(15-14-8)6-12-5-4-10(2,3)7-11/h12H,4-6H2,1-3H3. The van der Waals surface area contributed by atoms with Crippen LogP contribution in [0.3, 0.4) is 0 Å². The summed E-state index contributed by atoms with van der Waals surface area (Å²) in [5.41, 5.74) is -0.280. The lowest BCUT2D eigenvalue weighted by atomic mass is 9.92. The van der Waals surface area contributed by atoms with E-state index in [1.54, 1.807) is 6.92 Å². The van der Waals surface area contributed by atoms with Crippen molar-refractivity contribution in [3.05, 3.63) is 11.7 Å². The van der Waals surface area contributed by atoms with Crippen molar-refractivity contribution in [2.24, 2.45) is 5.41 Å². The van der Waals surface area contributed by atoms with E-state index in [-0.39, 0.29) is 5.41 Å². The van der Waals surface area contributed by atoms with Gasteiger partial charge in [0, 0.05) is 0 Å². The van der Waals surface area contributed by atoms with Crippen LogP contribution in [0.4, 0.5) is 0 Å². The highest BCUT2D eigenvalue weighted by molar-refractivity contribution is 4.92. The molecule has 5 nitrogen and oxygen atoms in total. The molecule has 15 heavy (non-hydrogen) atoms. The van der Waals surface area contributed by atoms with Crippen LogP contribution >= 0.6 is 0 Å². The molecule has 1 aromatic heterocycles. The lowest BCUT2D eigenvalue weighted by molar-refractivity contribution is 0.356. The topological polar surface area (TPSA) is 74.7 Å². The molecule has 1 rings (SSSR count).